The molecule has 1 aliphatic rings. The van der Waals surface area contributed by atoms with Crippen LogP contribution in [0.5, 0.6) is 0 Å². The number of rotatable bonds is 5. The van der Waals surface area contributed by atoms with Crippen molar-refractivity contribution in [3.05, 3.63) is 29.8 Å². The van der Waals surface area contributed by atoms with E-state index in [2.05, 4.69) is 24.4 Å². The Morgan fingerprint density at radius 1 is 1.21 bits per heavy atom. The Morgan fingerprint density at radius 3 is 2.58 bits per heavy atom. The van der Waals surface area contributed by atoms with E-state index in [1.807, 2.05) is 12.1 Å². The Balaban J connectivity index is 1.64. The normalized spacial score (nSPS) is 16.1. The van der Waals surface area contributed by atoms with Crippen LogP contribution in [0, 0.1) is 6.92 Å². The molecule has 0 spiro atoms. The van der Waals surface area contributed by atoms with Crippen LogP contribution in [-0.2, 0) is 9.53 Å². The molecule has 104 valence electrons. The molecule has 0 aromatic heterocycles. The zero-order valence-electron chi connectivity index (χ0n) is 11.7. The summed E-state index contributed by atoms with van der Waals surface area (Å²) < 4.78 is 5.47. The van der Waals surface area contributed by atoms with Gasteiger partial charge < -0.3 is 10.1 Å². The number of nitrogens with one attached hydrogen (secondary N) is 1. The minimum absolute atomic E-state index is 0.0773. The summed E-state index contributed by atoms with van der Waals surface area (Å²) >= 11 is 0. The van der Waals surface area contributed by atoms with Crippen LogP contribution in [-0.4, -0.2) is 18.6 Å². The van der Waals surface area contributed by atoms with Crippen molar-refractivity contribution in [2.24, 2.45) is 0 Å². The highest BCUT2D eigenvalue weighted by Crippen LogP contribution is 2.20. The molecule has 0 saturated heterocycles. The highest BCUT2D eigenvalue weighted by molar-refractivity contribution is 5.70. The minimum atomic E-state index is -0.0773. The van der Waals surface area contributed by atoms with E-state index in [9.17, 15) is 4.79 Å². The Hall–Kier alpha value is -1.51. The number of esters is 1. The van der Waals surface area contributed by atoms with Gasteiger partial charge >= 0.3 is 5.97 Å². The zero-order chi connectivity index (χ0) is 13.5. The van der Waals surface area contributed by atoms with E-state index in [4.69, 9.17) is 4.74 Å². The first kappa shape index (κ1) is 13.9. The number of aryl methyl sites for hydroxylation is 1. The van der Waals surface area contributed by atoms with Gasteiger partial charge in [-0.15, -0.1) is 0 Å². The molecule has 0 aliphatic heterocycles. The molecule has 1 fully saturated rings. The van der Waals surface area contributed by atoms with E-state index in [0.717, 1.165) is 18.5 Å². The van der Waals surface area contributed by atoms with Crippen molar-refractivity contribution in [3.63, 3.8) is 0 Å². The van der Waals surface area contributed by atoms with E-state index in [1.165, 1.54) is 24.8 Å². The summed E-state index contributed by atoms with van der Waals surface area (Å²) in [4.78, 5) is 11.7. The standard InChI is InChI=1S/C16H23NO2/c1-13-7-9-14(10-8-13)17-12-11-16(18)19-15-5-3-2-4-6-15/h7-10,15,17H,2-6,11-12H2,1H3. The Kier molecular flexibility index (Phi) is 5.25. The summed E-state index contributed by atoms with van der Waals surface area (Å²) in [6.45, 7) is 2.69. The van der Waals surface area contributed by atoms with Crippen molar-refractivity contribution >= 4 is 11.7 Å². The molecule has 2 rings (SSSR count). The SMILES string of the molecule is Cc1ccc(NCCC(=O)OC2CCCCC2)cc1. The van der Waals surface area contributed by atoms with Crippen molar-refractivity contribution in [2.75, 3.05) is 11.9 Å². The summed E-state index contributed by atoms with van der Waals surface area (Å²) in [5.41, 5.74) is 2.29. The van der Waals surface area contributed by atoms with Gasteiger partial charge in [0.05, 0.1) is 6.42 Å². The number of hydrogen-bond acceptors (Lipinski definition) is 3. The summed E-state index contributed by atoms with van der Waals surface area (Å²) in [5, 5.41) is 3.24. The van der Waals surface area contributed by atoms with E-state index in [-0.39, 0.29) is 12.1 Å². The van der Waals surface area contributed by atoms with Crippen LogP contribution in [0.2, 0.25) is 0 Å². The zero-order valence-corrected chi connectivity index (χ0v) is 11.7. The third-order valence-corrected chi connectivity index (χ3v) is 3.56. The number of carbonyl (C=O) groups excluding carboxylic acids is 1. The molecule has 3 heteroatoms. The molecule has 0 heterocycles. The van der Waals surface area contributed by atoms with Crippen molar-refractivity contribution in [1.29, 1.82) is 0 Å². The van der Waals surface area contributed by atoms with Gasteiger partial charge in [0.15, 0.2) is 0 Å². The summed E-state index contributed by atoms with van der Waals surface area (Å²) in [5.74, 6) is -0.0773. The van der Waals surface area contributed by atoms with Crippen molar-refractivity contribution in [2.45, 2.75) is 51.6 Å². The molecule has 0 radical (unpaired) electrons. The first-order valence-electron chi connectivity index (χ1n) is 7.24. The summed E-state index contributed by atoms with van der Waals surface area (Å²) in [6, 6.07) is 8.18. The van der Waals surface area contributed by atoms with Crippen LogP contribution in [0.1, 0.15) is 44.1 Å². The topological polar surface area (TPSA) is 38.3 Å². The second-order valence-corrected chi connectivity index (χ2v) is 5.29. The fraction of sp³-hybridized carbons (Fsp3) is 0.562. The van der Waals surface area contributed by atoms with Gasteiger partial charge in [0.25, 0.3) is 0 Å². The molecule has 3 nitrogen and oxygen atoms in total. The molecular formula is C16H23NO2. The van der Waals surface area contributed by atoms with Crippen LogP contribution in [0.3, 0.4) is 0 Å². The number of benzene rings is 1. The lowest BCUT2D eigenvalue weighted by Gasteiger charge is -2.21. The highest BCUT2D eigenvalue weighted by Gasteiger charge is 2.17. The molecule has 1 aromatic carbocycles. The van der Waals surface area contributed by atoms with E-state index in [1.54, 1.807) is 0 Å². The van der Waals surface area contributed by atoms with Gasteiger partial charge in [0.1, 0.15) is 6.10 Å². The fourth-order valence-corrected chi connectivity index (χ4v) is 2.41. The van der Waals surface area contributed by atoms with Crippen molar-refractivity contribution < 1.29 is 9.53 Å². The molecular weight excluding hydrogens is 238 g/mol. The fourth-order valence-electron chi connectivity index (χ4n) is 2.41. The minimum Gasteiger partial charge on any atom is -0.462 e. The number of anilines is 1. The molecule has 1 saturated carbocycles. The smallest absolute Gasteiger partial charge is 0.307 e. The van der Waals surface area contributed by atoms with E-state index < -0.39 is 0 Å². The van der Waals surface area contributed by atoms with Gasteiger partial charge in [-0.1, -0.05) is 24.1 Å². The van der Waals surface area contributed by atoms with Gasteiger partial charge in [-0.05, 0) is 44.7 Å². The predicted octanol–water partition coefficient (Wildman–Crippen LogP) is 3.67. The highest BCUT2D eigenvalue weighted by atomic mass is 16.5. The van der Waals surface area contributed by atoms with Crippen LogP contribution >= 0.6 is 0 Å². The second kappa shape index (κ2) is 7.17. The van der Waals surface area contributed by atoms with Crippen LogP contribution in [0.25, 0.3) is 0 Å². The largest absolute Gasteiger partial charge is 0.462 e. The first-order chi connectivity index (χ1) is 9.24. The quantitative estimate of drug-likeness (QED) is 0.822. The lowest BCUT2D eigenvalue weighted by Crippen LogP contribution is -2.22. The van der Waals surface area contributed by atoms with Gasteiger partial charge in [-0.3, -0.25) is 4.79 Å². The van der Waals surface area contributed by atoms with Gasteiger partial charge in [0.2, 0.25) is 0 Å². The average molecular weight is 261 g/mol. The lowest BCUT2D eigenvalue weighted by molar-refractivity contribution is -0.150. The second-order valence-electron chi connectivity index (χ2n) is 5.29. The maximum absolute atomic E-state index is 11.7. The number of carbonyl (C=O) groups is 1. The third kappa shape index (κ3) is 4.93. The van der Waals surface area contributed by atoms with Gasteiger partial charge in [-0.2, -0.15) is 0 Å². The summed E-state index contributed by atoms with van der Waals surface area (Å²) in [6.07, 6.45) is 6.35. The van der Waals surface area contributed by atoms with Crippen LogP contribution < -0.4 is 5.32 Å². The summed E-state index contributed by atoms with van der Waals surface area (Å²) in [7, 11) is 0. The molecule has 1 N–H and O–H groups in total. The van der Waals surface area contributed by atoms with Gasteiger partial charge in [0, 0.05) is 12.2 Å². The average Bonchev–Trinajstić information content (AvgIpc) is 2.42. The maximum Gasteiger partial charge on any atom is 0.307 e. The van der Waals surface area contributed by atoms with E-state index >= 15 is 0 Å². The lowest BCUT2D eigenvalue weighted by atomic mass is 9.98. The third-order valence-electron chi connectivity index (χ3n) is 3.56. The van der Waals surface area contributed by atoms with E-state index in [0.29, 0.717) is 13.0 Å². The van der Waals surface area contributed by atoms with Crippen LogP contribution in [0.4, 0.5) is 5.69 Å². The van der Waals surface area contributed by atoms with Gasteiger partial charge in [-0.25, -0.2) is 0 Å². The van der Waals surface area contributed by atoms with Crippen LogP contribution in [0.15, 0.2) is 24.3 Å². The predicted molar refractivity (Wildman–Crippen MR) is 77.3 cm³/mol. The first-order valence-corrected chi connectivity index (χ1v) is 7.24. The maximum atomic E-state index is 11.7. The molecule has 19 heavy (non-hydrogen) atoms. The molecule has 0 unspecified atom stereocenters. The molecule has 0 amide bonds. The monoisotopic (exact) mass is 261 g/mol. The van der Waals surface area contributed by atoms with Crippen molar-refractivity contribution in [3.8, 4) is 0 Å². The molecule has 0 bridgehead atoms. The Morgan fingerprint density at radius 2 is 1.89 bits per heavy atom. The molecule has 1 aliphatic carbocycles. The number of hydrogen-bond donors (Lipinski definition) is 1. The molecule has 1 aromatic rings. The van der Waals surface area contributed by atoms with Crippen molar-refractivity contribution in [1.82, 2.24) is 0 Å². The Labute approximate surface area is 115 Å². The number of ether oxygens (including phenoxy) is 1. The Bertz CT molecular complexity index is 394. The molecule has 0 atom stereocenters.